The molecular formula is C18H26FN4O3S+. The Bertz CT molecular complexity index is 842. The average Bonchev–Trinajstić information content (AvgIpc) is 3.29. The molecule has 0 spiro atoms. The molecule has 2 N–H and O–H groups in total. The minimum Gasteiger partial charge on any atom is -0.383 e. The van der Waals surface area contributed by atoms with Gasteiger partial charge >= 0.3 is 10.0 Å². The molecule has 0 saturated carbocycles. The number of aromatic nitrogens is 2. The lowest BCUT2D eigenvalue weighted by molar-refractivity contribution is -0.773. The first-order valence-electron chi connectivity index (χ1n) is 8.90. The molecule has 27 heavy (non-hydrogen) atoms. The topological polar surface area (TPSA) is 84.1 Å². The Kier molecular flexibility index (Phi) is 5.95. The number of rotatable bonds is 8. The zero-order valence-electron chi connectivity index (χ0n) is 15.6. The van der Waals surface area contributed by atoms with Crippen LogP contribution in [-0.2, 0) is 14.8 Å². The van der Waals surface area contributed by atoms with Gasteiger partial charge in [0.15, 0.2) is 0 Å². The molecule has 1 fully saturated rings. The third kappa shape index (κ3) is 4.06. The normalized spacial score (nSPS) is 25.7. The van der Waals surface area contributed by atoms with Crippen molar-refractivity contribution in [2.24, 2.45) is 5.92 Å². The standard InChI is InChI=1S/C18H26FN4O3S/c1-23(27(24,25)18-10-21-13-22-18)11-15(9-20-7-8-26-2)17(12-23)14-3-5-16(19)6-4-14/h3-6,10,13,15,17,20H,7-9,11-12H2,1-2H3,(H,21,22)/q+1/t15?,17-,23-/m0/s1. The van der Waals surface area contributed by atoms with Crippen molar-refractivity contribution in [2.75, 3.05) is 46.9 Å². The van der Waals surface area contributed by atoms with Gasteiger partial charge in [0.2, 0.25) is 5.03 Å². The smallest absolute Gasteiger partial charge is 0.344 e. The maximum absolute atomic E-state index is 13.3. The van der Waals surface area contributed by atoms with Gasteiger partial charge in [-0.2, -0.15) is 8.42 Å². The van der Waals surface area contributed by atoms with Crippen LogP contribution in [0.5, 0.6) is 0 Å². The summed E-state index contributed by atoms with van der Waals surface area (Å²) < 4.78 is 44.6. The zero-order chi connectivity index (χ0) is 19.5. The summed E-state index contributed by atoms with van der Waals surface area (Å²) in [6.45, 7) is 2.83. The van der Waals surface area contributed by atoms with E-state index in [-0.39, 0.29) is 26.6 Å². The van der Waals surface area contributed by atoms with Gasteiger partial charge in [-0.1, -0.05) is 12.1 Å². The molecule has 1 aliphatic rings. The molecule has 1 aliphatic heterocycles. The number of halogens is 1. The molecule has 7 nitrogen and oxygen atoms in total. The van der Waals surface area contributed by atoms with Crippen LogP contribution >= 0.6 is 0 Å². The fraction of sp³-hybridized carbons (Fsp3) is 0.500. The van der Waals surface area contributed by atoms with Gasteiger partial charge < -0.3 is 15.0 Å². The molecular weight excluding hydrogens is 371 g/mol. The van der Waals surface area contributed by atoms with Gasteiger partial charge in [-0.25, -0.2) is 13.3 Å². The monoisotopic (exact) mass is 397 g/mol. The largest absolute Gasteiger partial charge is 0.383 e. The molecule has 2 heterocycles. The van der Waals surface area contributed by atoms with Gasteiger partial charge in [-0.05, 0) is 17.7 Å². The second-order valence-electron chi connectivity index (χ2n) is 7.17. The summed E-state index contributed by atoms with van der Waals surface area (Å²) >= 11 is 0. The number of methoxy groups -OCH3 is 1. The lowest BCUT2D eigenvalue weighted by Crippen LogP contribution is -2.47. The van der Waals surface area contributed by atoms with Crippen LogP contribution < -0.4 is 5.32 Å². The molecule has 0 bridgehead atoms. The maximum atomic E-state index is 13.3. The van der Waals surface area contributed by atoms with Gasteiger partial charge in [0.1, 0.15) is 12.4 Å². The molecule has 148 valence electrons. The first-order chi connectivity index (χ1) is 12.9. The average molecular weight is 397 g/mol. The lowest BCUT2D eigenvalue weighted by Gasteiger charge is -2.27. The summed E-state index contributed by atoms with van der Waals surface area (Å²) in [6, 6.07) is 6.36. The van der Waals surface area contributed by atoms with Gasteiger partial charge in [-0.15, -0.1) is 0 Å². The van der Waals surface area contributed by atoms with E-state index in [2.05, 4.69) is 15.3 Å². The fourth-order valence-corrected chi connectivity index (χ4v) is 5.45. The molecule has 3 rings (SSSR count). The van der Waals surface area contributed by atoms with E-state index < -0.39 is 10.0 Å². The highest BCUT2D eigenvalue weighted by atomic mass is 32.2. The Morgan fingerprint density at radius 2 is 2.07 bits per heavy atom. The minimum absolute atomic E-state index is 0.00309. The molecule has 0 aliphatic carbocycles. The Morgan fingerprint density at radius 3 is 2.70 bits per heavy atom. The quantitative estimate of drug-likeness (QED) is 0.519. The molecule has 1 saturated heterocycles. The SMILES string of the molecule is COCCNCC1C[N@+](C)(S(=O)(=O)c2cnc[nH]2)C[C@H]1c1ccc(F)cc1. The zero-order valence-corrected chi connectivity index (χ0v) is 16.4. The molecule has 1 aromatic carbocycles. The highest BCUT2D eigenvalue weighted by molar-refractivity contribution is 7.85. The number of aromatic amines is 1. The number of nitrogens with zero attached hydrogens (tertiary/aromatic N) is 2. The number of ether oxygens (including phenoxy) is 1. The van der Waals surface area contributed by atoms with Gasteiger partial charge in [0.05, 0.1) is 32.7 Å². The van der Waals surface area contributed by atoms with Crippen LogP contribution in [0.4, 0.5) is 4.39 Å². The van der Waals surface area contributed by atoms with Crippen LogP contribution in [0.25, 0.3) is 0 Å². The highest BCUT2D eigenvalue weighted by Crippen LogP contribution is 2.39. The molecule has 2 aromatic rings. The van der Waals surface area contributed by atoms with Crippen LogP contribution in [0.1, 0.15) is 11.5 Å². The molecule has 0 radical (unpaired) electrons. The molecule has 1 unspecified atom stereocenters. The molecule has 0 amide bonds. The van der Waals surface area contributed by atoms with Crippen molar-refractivity contribution in [1.82, 2.24) is 15.3 Å². The van der Waals surface area contributed by atoms with Crippen molar-refractivity contribution in [2.45, 2.75) is 10.9 Å². The number of likely N-dealkylation sites (tertiary alicyclic amines) is 1. The number of hydrogen-bond acceptors (Lipinski definition) is 5. The lowest BCUT2D eigenvalue weighted by atomic mass is 9.89. The fourth-order valence-electron chi connectivity index (χ4n) is 3.84. The van der Waals surface area contributed by atoms with Gasteiger partial charge in [0.25, 0.3) is 0 Å². The number of hydrogen-bond donors (Lipinski definition) is 2. The number of likely N-dealkylation sites (N-methyl/N-ethyl adjacent to an activating group) is 1. The van der Waals surface area contributed by atoms with Crippen LogP contribution in [-0.4, -0.2) is 69.2 Å². The summed E-state index contributed by atoms with van der Waals surface area (Å²) in [5.74, 6) is -0.202. The molecule has 3 atom stereocenters. The highest BCUT2D eigenvalue weighted by Gasteiger charge is 2.51. The van der Waals surface area contributed by atoms with Crippen molar-refractivity contribution in [3.8, 4) is 0 Å². The summed E-state index contributed by atoms with van der Waals surface area (Å²) in [4.78, 5) is 6.57. The van der Waals surface area contributed by atoms with Crippen LogP contribution in [0.15, 0.2) is 41.8 Å². The minimum atomic E-state index is -3.62. The maximum Gasteiger partial charge on any atom is 0.344 e. The van der Waals surface area contributed by atoms with E-state index in [1.807, 2.05) is 0 Å². The van der Waals surface area contributed by atoms with Gasteiger partial charge in [-0.3, -0.25) is 0 Å². The van der Waals surface area contributed by atoms with E-state index in [0.29, 0.717) is 32.8 Å². The van der Waals surface area contributed by atoms with E-state index in [0.717, 1.165) is 5.56 Å². The summed E-state index contributed by atoms with van der Waals surface area (Å²) in [6.07, 6.45) is 2.71. The number of nitrogens with one attached hydrogen (secondary N) is 2. The number of imidazole rings is 1. The summed E-state index contributed by atoms with van der Waals surface area (Å²) in [5, 5.41) is 3.46. The number of H-pyrrole nitrogens is 1. The number of benzene rings is 1. The predicted molar refractivity (Wildman–Crippen MR) is 99.1 cm³/mol. The summed E-state index contributed by atoms with van der Waals surface area (Å²) in [5.41, 5.74) is 0.955. The third-order valence-corrected chi connectivity index (χ3v) is 7.53. The third-order valence-electron chi connectivity index (χ3n) is 5.29. The Balaban J connectivity index is 1.87. The van der Waals surface area contributed by atoms with Crippen LogP contribution in [0.3, 0.4) is 0 Å². The van der Waals surface area contributed by atoms with Crippen molar-refractivity contribution in [1.29, 1.82) is 0 Å². The van der Waals surface area contributed by atoms with Crippen molar-refractivity contribution in [3.63, 3.8) is 0 Å². The first kappa shape index (κ1) is 19.9. The second-order valence-corrected chi connectivity index (χ2v) is 9.44. The number of sulfonamides is 1. The Morgan fingerprint density at radius 1 is 1.33 bits per heavy atom. The molecule has 9 heteroatoms. The van der Waals surface area contributed by atoms with Crippen molar-refractivity contribution >= 4 is 10.0 Å². The Hall–Kier alpha value is -1.81. The second kappa shape index (κ2) is 8.05. The first-order valence-corrected chi connectivity index (χ1v) is 10.3. The van der Waals surface area contributed by atoms with E-state index >= 15 is 0 Å². The van der Waals surface area contributed by atoms with Crippen molar-refractivity contribution in [3.05, 3.63) is 48.2 Å². The number of quaternary nitrogens is 1. The van der Waals surface area contributed by atoms with Crippen LogP contribution in [0, 0.1) is 11.7 Å². The van der Waals surface area contributed by atoms with E-state index in [9.17, 15) is 12.8 Å². The van der Waals surface area contributed by atoms with Crippen LogP contribution in [0.2, 0.25) is 0 Å². The van der Waals surface area contributed by atoms with Gasteiger partial charge in [0, 0.05) is 32.0 Å². The Labute approximate surface area is 159 Å². The predicted octanol–water partition coefficient (Wildman–Crippen LogP) is 1.33. The summed E-state index contributed by atoms with van der Waals surface area (Å²) in [7, 11) is -0.239. The van der Waals surface area contributed by atoms with E-state index in [1.54, 1.807) is 26.3 Å². The molecule has 1 aromatic heterocycles. The van der Waals surface area contributed by atoms with E-state index in [4.69, 9.17) is 4.74 Å². The van der Waals surface area contributed by atoms with Crippen molar-refractivity contribution < 1.29 is 21.4 Å². The van der Waals surface area contributed by atoms with E-state index in [1.165, 1.54) is 24.7 Å².